The molecule has 2 rings (SSSR count). The number of nitrogens with one attached hydrogen (secondary N) is 1. The van der Waals surface area contributed by atoms with Gasteiger partial charge in [-0.2, -0.15) is 0 Å². The van der Waals surface area contributed by atoms with E-state index in [1.807, 2.05) is 6.92 Å². The van der Waals surface area contributed by atoms with Gasteiger partial charge in [0.05, 0.1) is 11.7 Å². The molecule has 2 unspecified atom stereocenters. The molecule has 1 aliphatic heterocycles. The summed E-state index contributed by atoms with van der Waals surface area (Å²) in [6, 6.07) is 4.67. The summed E-state index contributed by atoms with van der Waals surface area (Å²) < 4.78 is 5.48. The zero-order chi connectivity index (χ0) is 15.4. The van der Waals surface area contributed by atoms with Gasteiger partial charge in [-0.05, 0) is 56.4 Å². The molecule has 114 valence electrons. The number of amides is 1. The molecule has 1 fully saturated rings. The third kappa shape index (κ3) is 4.29. The first-order valence-corrected chi connectivity index (χ1v) is 7.20. The summed E-state index contributed by atoms with van der Waals surface area (Å²) in [7, 11) is 0. The standard InChI is InChI=1S/C16H21NO4/c1-10-5-13(8-14(6-10)16(19)20)15(18)17-9-12-3-4-21-11(2)7-12/h5-6,8,11-12H,3-4,7,9H2,1-2H3,(H,17,18)(H,19,20). The predicted molar refractivity (Wildman–Crippen MR) is 78.6 cm³/mol. The van der Waals surface area contributed by atoms with Crippen LogP contribution in [-0.2, 0) is 4.74 Å². The van der Waals surface area contributed by atoms with Crippen LogP contribution in [0, 0.1) is 12.8 Å². The Morgan fingerprint density at radius 3 is 2.71 bits per heavy atom. The van der Waals surface area contributed by atoms with Crippen LogP contribution in [0.4, 0.5) is 0 Å². The average Bonchev–Trinajstić information content (AvgIpc) is 2.44. The molecule has 0 spiro atoms. The molecular formula is C16H21NO4. The number of carbonyl (C=O) groups excluding carboxylic acids is 1. The molecule has 0 aliphatic carbocycles. The van der Waals surface area contributed by atoms with E-state index < -0.39 is 5.97 Å². The van der Waals surface area contributed by atoms with Gasteiger partial charge in [-0.25, -0.2) is 4.79 Å². The summed E-state index contributed by atoms with van der Waals surface area (Å²) in [5.74, 6) is -0.826. The molecule has 1 amide bonds. The quantitative estimate of drug-likeness (QED) is 0.892. The smallest absolute Gasteiger partial charge is 0.335 e. The number of carbonyl (C=O) groups is 2. The van der Waals surface area contributed by atoms with Gasteiger partial charge < -0.3 is 15.2 Å². The van der Waals surface area contributed by atoms with Gasteiger partial charge in [0.15, 0.2) is 0 Å². The van der Waals surface area contributed by atoms with Crippen molar-refractivity contribution >= 4 is 11.9 Å². The third-order valence-corrected chi connectivity index (χ3v) is 3.73. The fourth-order valence-corrected chi connectivity index (χ4v) is 2.65. The first-order chi connectivity index (χ1) is 9.95. The molecule has 0 saturated carbocycles. The van der Waals surface area contributed by atoms with Crippen molar-refractivity contribution in [2.45, 2.75) is 32.8 Å². The second-order valence-electron chi connectivity index (χ2n) is 5.67. The van der Waals surface area contributed by atoms with Crippen LogP contribution < -0.4 is 5.32 Å². The highest BCUT2D eigenvalue weighted by atomic mass is 16.5. The van der Waals surface area contributed by atoms with Gasteiger partial charge in [0, 0.05) is 18.7 Å². The molecule has 5 heteroatoms. The minimum Gasteiger partial charge on any atom is -0.478 e. The zero-order valence-corrected chi connectivity index (χ0v) is 12.4. The van der Waals surface area contributed by atoms with Gasteiger partial charge in [0.25, 0.3) is 5.91 Å². The maximum atomic E-state index is 12.2. The van der Waals surface area contributed by atoms with Crippen LogP contribution >= 0.6 is 0 Å². The van der Waals surface area contributed by atoms with Gasteiger partial charge in [-0.3, -0.25) is 4.79 Å². The van der Waals surface area contributed by atoms with Crippen molar-refractivity contribution in [3.05, 3.63) is 34.9 Å². The summed E-state index contributed by atoms with van der Waals surface area (Å²) in [5, 5.41) is 11.9. The Morgan fingerprint density at radius 2 is 2.05 bits per heavy atom. The summed E-state index contributed by atoms with van der Waals surface area (Å²) in [6.45, 7) is 5.15. The van der Waals surface area contributed by atoms with Crippen molar-refractivity contribution in [2.24, 2.45) is 5.92 Å². The lowest BCUT2D eigenvalue weighted by molar-refractivity contribution is 0.00302. The lowest BCUT2D eigenvalue weighted by atomic mass is 9.96. The van der Waals surface area contributed by atoms with Crippen molar-refractivity contribution in [1.29, 1.82) is 0 Å². The summed E-state index contributed by atoms with van der Waals surface area (Å²) >= 11 is 0. The minimum atomic E-state index is -1.02. The number of hydrogen-bond acceptors (Lipinski definition) is 3. The second-order valence-corrected chi connectivity index (χ2v) is 5.67. The lowest BCUT2D eigenvalue weighted by Gasteiger charge is -2.27. The molecule has 1 aromatic rings. The number of carboxylic acid groups (broad SMARTS) is 1. The van der Waals surface area contributed by atoms with Gasteiger partial charge in [-0.15, -0.1) is 0 Å². The Hall–Kier alpha value is -1.88. The number of hydrogen-bond donors (Lipinski definition) is 2. The van der Waals surface area contributed by atoms with E-state index in [9.17, 15) is 9.59 Å². The molecule has 1 heterocycles. The summed E-state index contributed by atoms with van der Waals surface area (Å²) in [6.07, 6.45) is 2.12. The Kier molecular flexibility index (Phi) is 4.96. The normalized spacial score (nSPS) is 21.8. The van der Waals surface area contributed by atoms with Crippen LogP contribution in [-0.4, -0.2) is 36.2 Å². The maximum Gasteiger partial charge on any atom is 0.335 e. The van der Waals surface area contributed by atoms with Crippen LogP contribution in [0.25, 0.3) is 0 Å². The van der Waals surface area contributed by atoms with E-state index in [-0.39, 0.29) is 17.6 Å². The molecule has 0 aromatic heterocycles. The molecule has 2 N–H and O–H groups in total. The van der Waals surface area contributed by atoms with E-state index in [0.717, 1.165) is 25.0 Å². The molecule has 0 bridgehead atoms. The van der Waals surface area contributed by atoms with Gasteiger partial charge in [0.1, 0.15) is 0 Å². The van der Waals surface area contributed by atoms with E-state index in [1.165, 1.54) is 6.07 Å². The predicted octanol–water partition coefficient (Wildman–Crippen LogP) is 2.24. The highest BCUT2D eigenvalue weighted by molar-refractivity contribution is 5.97. The largest absolute Gasteiger partial charge is 0.478 e. The van der Waals surface area contributed by atoms with Gasteiger partial charge >= 0.3 is 5.97 Å². The van der Waals surface area contributed by atoms with E-state index in [0.29, 0.717) is 18.0 Å². The number of aryl methyl sites for hydroxylation is 1. The van der Waals surface area contributed by atoms with Crippen molar-refractivity contribution in [2.75, 3.05) is 13.2 Å². The summed E-state index contributed by atoms with van der Waals surface area (Å²) in [4.78, 5) is 23.2. The van der Waals surface area contributed by atoms with E-state index in [1.54, 1.807) is 19.1 Å². The van der Waals surface area contributed by atoms with Crippen LogP contribution in [0.5, 0.6) is 0 Å². The number of rotatable bonds is 4. The number of ether oxygens (including phenoxy) is 1. The molecular weight excluding hydrogens is 270 g/mol. The van der Waals surface area contributed by atoms with Crippen molar-refractivity contribution < 1.29 is 19.4 Å². The Balaban J connectivity index is 1.98. The van der Waals surface area contributed by atoms with Crippen LogP contribution in [0.2, 0.25) is 0 Å². The van der Waals surface area contributed by atoms with Gasteiger partial charge in [-0.1, -0.05) is 0 Å². The first-order valence-electron chi connectivity index (χ1n) is 7.20. The Bertz CT molecular complexity index is 541. The highest BCUT2D eigenvalue weighted by Gasteiger charge is 2.20. The molecule has 1 aliphatic rings. The zero-order valence-electron chi connectivity index (χ0n) is 12.4. The van der Waals surface area contributed by atoms with E-state index in [2.05, 4.69) is 5.32 Å². The molecule has 1 aromatic carbocycles. The van der Waals surface area contributed by atoms with Crippen molar-refractivity contribution in [3.63, 3.8) is 0 Å². The highest BCUT2D eigenvalue weighted by Crippen LogP contribution is 2.19. The number of carboxylic acids is 1. The van der Waals surface area contributed by atoms with Crippen LogP contribution in [0.15, 0.2) is 18.2 Å². The first kappa shape index (κ1) is 15.5. The second kappa shape index (κ2) is 6.72. The Labute approximate surface area is 124 Å². The molecule has 2 atom stereocenters. The topological polar surface area (TPSA) is 75.6 Å². The fraction of sp³-hybridized carbons (Fsp3) is 0.500. The molecule has 0 radical (unpaired) electrons. The molecule has 5 nitrogen and oxygen atoms in total. The SMILES string of the molecule is Cc1cc(C(=O)O)cc(C(=O)NCC2CCOC(C)C2)c1. The van der Waals surface area contributed by atoms with E-state index in [4.69, 9.17) is 9.84 Å². The minimum absolute atomic E-state index is 0.139. The summed E-state index contributed by atoms with van der Waals surface area (Å²) in [5.41, 5.74) is 1.30. The molecule has 1 saturated heterocycles. The Morgan fingerprint density at radius 1 is 1.33 bits per heavy atom. The van der Waals surface area contributed by atoms with E-state index >= 15 is 0 Å². The monoisotopic (exact) mass is 291 g/mol. The average molecular weight is 291 g/mol. The maximum absolute atomic E-state index is 12.2. The third-order valence-electron chi connectivity index (χ3n) is 3.73. The van der Waals surface area contributed by atoms with Crippen LogP contribution in [0.1, 0.15) is 46.0 Å². The van der Waals surface area contributed by atoms with Crippen LogP contribution in [0.3, 0.4) is 0 Å². The number of benzene rings is 1. The van der Waals surface area contributed by atoms with Crippen molar-refractivity contribution in [3.8, 4) is 0 Å². The van der Waals surface area contributed by atoms with Crippen molar-refractivity contribution in [1.82, 2.24) is 5.32 Å². The molecule has 21 heavy (non-hydrogen) atoms. The lowest BCUT2D eigenvalue weighted by Crippen LogP contribution is -2.34. The number of aromatic carboxylic acids is 1. The fourth-order valence-electron chi connectivity index (χ4n) is 2.65. The van der Waals surface area contributed by atoms with Gasteiger partial charge in [0.2, 0.25) is 0 Å².